The van der Waals surface area contributed by atoms with E-state index in [1.165, 1.54) is 0 Å². The van der Waals surface area contributed by atoms with Gasteiger partial charge in [-0.2, -0.15) is 0 Å². The van der Waals surface area contributed by atoms with Crippen molar-refractivity contribution in [3.63, 3.8) is 0 Å². The molecule has 0 amide bonds. The molecule has 2 rings (SSSR count). The average molecular weight is 257 g/mol. The Bertz CT molecular complexity index is 562. The SMILES string of the molecule is CNc1ccc(-c2c(C)cc(OC)cc2OC)cc1. The standard InChI is InChI=1S/C16H19NO2/c1-11-9-14(18-3)10-15(19-4)16(11)12-5-7-13(17-2)8-6-12/h5-10,17H,1-4H3. The minimum Gasteiger partial charge on any atom is -0.497 e. The molecular formula is C16H19NO2. The molecule has 0 aliphatic carbocycles. The number of benzene rings is 2. The Balaban J connectivity index is 2.53. The van der Waals surface area contributed by atoms with Gasteiger partial charge in [-0.25, -0.2) is 0 Å². The van der Waals surface area contributed by atoms with Crippen molar-refractivity contribution in [2.45, 2.75) is 6.92 Å². The van der Waals surface area contributed by atoms with Crippen LogP contribution in [0.2, 0.25) is 0 Å². The zero-order chi connectivity index (χ0) is 13.8. The first-order chi connectivity index (χ1) is 9.19. The van der Waals surface area contributed by atoms with Gasteiger partial charge in [0, 0.05) is 24.4 Å². The lowest BCUT2D eigenvalue weighted by Gasteiger charge is -2.14. The van der Waals surface area contributed by atoms with Crippen molar-refractivity contribution in [3.05, 3.63) is 42.0 Å². The summed E-state index contributed by atoms with van der Waals surface area (Å²) >= 11 is 0. The summed E-state index contributed by atoms with van der Waals surface area (Å²) in [5.74, 6) is 1.64. The Morgan fingerprint density at radius 3 is 2.16 bits per heavy atom. The topological polar surface area (TPSA) is 30.5 Å². The highest BCUT2D eigenvalue weighted by Crippen LogP contribution is 2.36. The molecule has 19 heavy (non-hydrogen) atoms. The maximum atomic E-state index is 5.48. The Morgan fingerprint density at radius 2 is 1.63 bits per heavy atom. The molecule has 0 saturated heterocycles. The fourth-order valence-corrected chi connectivity index (χ4v) is 2.18. The van der Waals surface area contributed by atoms with Crippen LogP contribution in [0, 0.1) is 6.92 Å². The maximum Gasteiger partial charge on any atom is 0.130 e. The third-order valence-corrected chi connectivity index (χ3v) is 3.19. The number of hydrogen-bond donors (Lipinski definition) is 1. The van der Waals surface area contributed by atoms with Gasteiger partial charge in [0.15, 0.2) is 0 Å². The quantitative estimate of drug-likeness (QED) is 0.905. The van der Waals surface area contributed by atoms with Gasteiger partial charge in [-0.3, -0.25) is 0 Å². The molecule has 0 radical (unpaired) electrons. The van der Waals surface area contributed by atoms with Gasteiger partial charge in [-0.1, -0.05) is 12.1 Å². The molecule has 1 N–H and O–H groups in total. The Hall–Kier alpha value is -2.16. The molecule has 100 valence electrons. The number of hydrogen-bond acceptors (Lipinski definition) is 3. The molecule has 3 heteroatoms. The average Bonchev–Trinajstić information content (AvgIpc) is 2.46. The first-order valence-corrected chi connectivity index (χ1v) is 6.20. The molecule has 0 spiro atoms. The van der Waals surface area contributed by atoms with Crippen molar-refractivity contribution in [2.75, 3.05) is 26.6 Å². The van der Waals surface area contributed by atoms with E-state index in [1.54, 1.807) is 14.2 Å². The van der Waals surface area contributed by atoms with Crippen LogP contribution < -0.4 is 14.8 Å². The molecule has 2 aromatic carbocycles. The van der Waals surface area contributed by atoms with Gasteiger partial charge in [0.05, 0.1) is 14.2 Å². The van der Waals surface area contributed by atoms with E-state index in [2.05, 4.69) is 36.5 Å². The Kier molecular flexibility index (Phi) is 3.95. The van der Waals surface area contributed by atoms with E-state index in [1.807, 2.05) is 19.2 Å². The molecule has 3 nitrogen and oxygen atoms in total. The Morgan fingerprint density at radius 1 is 0.947 bits per heavy atom. The van der Waals surface area contributed by atoms with Crippen LogP contribution in [0.4, 0.5) is 5.69 Å². The van der Waals surface area contributed by atoms with Crippen molar-refractivity contribution in [1.29, 1.82) is 0 Å². The van der Waals surface area contributed by atoms with E-state index in [4.69, 9.17) is 9.47 Å². The first kappa shape index (κ1) is 13.3. The molecule has 0 bridgehead atoms. The Labute approximate surface area is 114 Å². The van der Waals surface area contributed by atoms with Crippen molar-refractivity contribution >= 4 is 5.69 Å². The lowest BCUT2D eigenvalue weighted by atomic mass is 9.99. The molecule has 0 heterocycles. The van der Waals surface area contributed by atoms with Gasteiger partial charge in [0.2, 0.25) is 0 Å². The monoisotopic (exact) mass is 257 g/mol. The summed E-state index contributed by atoms with van der Waals surface area (Å²) < 4.78 is 10.8. The second-order valence-electron chi connectivity index (χ2n) is 4.35. The lowest BCUT2D eigenvalue weighted by molar-refractivity contribution is 0.395. The lowest BCUT2D eigenvalue weighted by Crippen LogP contribution is -1.94. The predicted octanol–water partition coefficient (Wildman–Crippen LogP) is 3.72. The largest absolute Gasteiger partial charge is 0.497 e. The first-order valence-electron chi connectivity index (χ1n) is 6.20. The molecule has 0 aliphatic heterocycles. The predicted molar refractivity (Wildman–Crippen MR) is 79.3 cm³/mol. The van der Waals surface area contributed by atoms with Crippen LogP contribution >= 0.6 is 0 Å². The summed E-state index contributed by atoms with van der Waals surface area (Å²) in [6.45, 7) is 2.06. The third-order valence-electron chi connectivity index (χ3n) is 3.19. The molecule has 0 atom stereocenters. The van der Waals surface area contributed by atoms with E-state index in [0.717, 1.165) is 33.9 Å². The zero-order valence-electron chi connectivity index (χ0n) is 11.8. The molecule has 0 saturated carbocycles. The highest BCUT2D eigenvalue weighted by molar-refractivity contribution is 5.76. The number of ether oxygens (including phenoxy) is 2. The smallest absolute Gasteiger partial charge is 0.130 e. The number of nitrogens with one attached hydrogen (secondary N) is 1. The minimum absolute atomic E-state index is 0.810. The van der Waals surface area contributed by atoms with Crippen molar-refractivity contribution in [2.24, 2.45) is 0 Å². The van der Waals surface area contributed by atoms with Crippen LogP contribution in [0.5, 0.6) is 11.5 Å². The number of methoxy groups -OCH3 is 2. The van der Waals surface area contributed by atoms with Crippen LogP contribution in [-0.2, 0) is 0 Å². The van der Waals surface area contributed by atoms with E-state index >= 15 is 0 Å². The van der Waals surface area contributed by atoms with Gasteiger partial charge < -0.3 is 14.8 Å². The second kappa shape index (κ2) is 5.65. The summed E-state index contributed by atoms with van der Waals surface area (Å²) in [5, 5.41) is 3.12. The van der Waals surface area contributed by atoms with Crippen LogP contribution in [0.3, 0.4) is 0 Å². The van der Waals surface area contributed by atoms with E-state index < -0.39 is 0 Å². The molecule has 0 unspecified atom stereocenters. The zero-order valence-corrected chi connectivity index (χ0v) is 11.8. The fourth-order valence-electron chi connectivity index (χ4n) is 2.18. The van der Waals surface area contributed by atoms with Crippen LogP contribution in [-0.4, -0.2) is 21.3 Å². The van der Waals surface area contributed by atoms with Crippen molar-refractivity contribution in [3.8, 4) is 22.6 Å². The van der Waals surface area contributed by atoms with Crippen LogP contribution in [0.1, 0.15) is 5.56 Å². The minimum atomic E-state index is 0.810. The molecule has 0 fully saturated rings. The van der Waals surface area contributed by atoms with E-state index in [0.29, 0.717) is 0 Å². The molecule has 0 aromatic heterocycles. The number of anilines is 1. The van der Waals surface area contributed by atoms with Gasteiger partial charge in [-0.15, -0.1) is 0 Å². The molecular weight excluding hydrogens is 238 g/mol. The fraction of sp³-hybridized carbons (Fsp3) is 0.250. The third kappa shape index (κ3) is 2.65. The van der Waals surface area contributed by atoms with Crippen molar-refractivity contribution < 1.29 is 9.47 Å². The summed E-state index contributed by atoms with van der Waals surface area (Å²) in [7, 11) is 5.25. The van der Waals surface area contributed by atoms with Crippen LogP contribution in [0.15, 0.2) is 36.4 Å². The summed E-state index contributed by atoms with van der Waals surface area (Å²) in [4.78, 5) is 0. The number of rotatable bonds is 4. The van der Waals surface area contributed by atoms with Gasteiger partial charge in [-0.05, 0) is 36.2 Å². The van der Waals surface area contributed by atoms with Gasteiger partial charge >= 0.3 is 0 Å². The van der Waals surface area contributed by atoms with Gasteiger partial charge in [0.1, 0.15) is 11.5 Å². The van der Waals surface area contributed by atoms with E-state index in [9.17, 15) is 0 Å². The van der Waals surface area contributed by atoms with Crippen molar-refractivity contribution in [1.82, 2.24) is 0 Å². The van der Waals surface area contributed by atoms with E-state index in [-0.39, 0.29) is 0 Å². The molecule has 0 aliphatic rings. The highest BCUT2D eigenvalue weighted by Gasteiger charge is 2.11. The van der Waals surface area contributed by atoms with Gasteiger partial charge in [0.25, 0.3) is 0 Å². The second-order valence-corrected chi connectivity index (χ2v) is 4.35. The summed E-state index contributed by atoms with van der Waals surface area (Å²) in [6, 6.07) is 12.2. The van der Waals surface area contributed by atoms with Crippen LogP contribution in [0.25, 0.3) is 11.1 Å². The normalized spacial score (nSPS) is 10.1. The maximum absolute atomic E-state index is 5.48. The number of aryl methyl sites for hydroxylation is 1. The highest BCUT2D eigenvalue weighted by atomic mass is 16.5. The summed E-state index contributed by atoms with van der Waals surface area (Å²) in [6.07, 6.45) is 0. The molecule has 2 aromatic rings. The summed E-state index contributed by atoms with van der Waals surface area (Å²) in [5.41, 5.74) is 4.46.